The largest absolute Gasteiger partial charge is 0.479 e. The lowest BCUT2D eigenvalue weighted by Gasteiger charge is -2.00. The van der Waals surface area contributed by atoms with Crippen LogP contribution >= 0.6 is 11.3 Å². The lowest BCUT2D eigenvalue weighted by molar-refractivity contribution is 0.0995. The van der Waals surface area contributed by atoms with Crippen LogP contribution in [0.15, 0.2) is 23.3 Å². The van der Waals surface area contributed by atoms with Crippen LogP contribution < -0.4 is 9.54 Å². The van der Waals surface area contributed by atoms with Gasteiger partial charge in [0.25, 0.3) is 5.91 Å². The van der Waals surface area contributed by atoms with Crippen LogP contribution in [0.5, 0.6) is 5.88 Å². The second-order valence-corrected chi connectivity index (χ2v) is 6.50. The molecule has 0 aliphatic carbocycles. The summed E-state index contributed by atoms with van der Waals surface area (Å²) in [6.45, 7) is 4.16. The second-order valence-electron chi connectivity index (χ2n) is 5.49. The molecule has 23 heavy (non-hydrogen) atoms. The molecule has 3 aromatic rings. The third kappa shape index (κ3) is 2.68. The normalized spacial score (nSPS) is 12.1. The minimum atomic E-state index is -0.356. The third-order valence-electron chi connectivity index (χ3n) is 3.84. The topological polar surface area (TPSA) is 61.4 Å². The highest BCUT2D eigenvalue weighted by molar-refractivity contribution is 7.16. The van der Waals surface area contributed by atoms with Gasteiger partial charge in [-0.2, -0.15) is 4.99 Å². The first kappa shape index (κ1) is 15.5. The minimum absolute atomic E-state index is 0.289. The standard InChI is InChI=1S/C16H18N4O2S/c1-9-6-12-13(7-10(9)2)23-16(20(12)4)17-14(21)11-8-19(3)18-15(11)22-5/h6-8H,1-5H3. The van der Waals surface area contributed by atoms with E-state index in [1.165, 1.54) is 29.6 Å². The lowest BCUT2D eigenvalue weighted by atomic mass is 10.1. The van der Waals surface area contributed by atoms with Crippen molar-refractivity contribution < 1.29 is 9.53 Å². The van der Waals surface area contributed by atoms with Crippen molar-refractivity contribution in [2.45, 2.75) is 13.8 Å². The molecule has 0 spiro atoms. The molecule has 0 atom stereocenters. The van der Waals surface area contributed by atoms with Crippen LogP contribution in [-0.4, -0.2) is 27.4 Å². The number of nitrogens with zero attached hydrogens (tertiary/aromatic N) is 4. The molecule has 0 aliphatic heterocycles. The van der Waals surface area contributed by atoms with E-state index in [9.17, 15) is 4.79 Å². The van der Waals surface area contributed by atoms with Crippen LogP contribution in [0.3, 0.4) is 0 Å². The van der Waals surface area contributed by atoms with E-state index in [2.05, 4.69) is 36.1 Å². The van der Waals surface area contributed by atoms with Crippen molar-refractivity contribution in [2.24, 2.45) is 19.1 Å². The van der Waals surface area contributed by atoms with E-state index in [4.69, 9.17) is 4.74 Å². The number of rotatable bonds is 2. The number of hydrogen-bond acceptors (Lipinski definition) is 4. The molecular formula is C16H18N4O2S. The van der Waals surface area contributed by atoms with Gasteiger partial charge in [0, 0.05) is 20.3 Å². The molecule has 120 valence electrons. The van der Waals surface area contributed by atoms with Crippen molar-refractivity contribution >= 4 is 27.5 Å². The Morgan fingerprint density at radius 3 is 2.65 bits per heavy atom. The number of aryl methyl sites for hydroxylation is 4. The van der Waals surface area contributed by atoms with Gasteiger partial charge in [-0.05, 0) is 37.1 Å². The van der Waals surface area contributed by atoms with Crippen molar-refractivity contribution in [3.8, 4) is 5.88 Å². The maximum absolute atomic E-state index is 12.5. The van der Waals surface area contributed by atoms with E-state index < -0.39 is 0 Å². The summed E-state index contributed by atoms with van der Waals surface area (Å²) in [5.41, 5.74) is 3.88. The molecule has 0 unspecified atom stereocenters. The monoisotopic (exact) mass is 330 g/mol. The predicted octanol–water partition coefficient (Wildman–Crippen LogP) is 2.34. The average molecular weight is 330 g/mol. The van der Waals surface area contributed by atoms with Crippen molar-refractivity contribution in [3.63, 3.8) is 0 Å². The molecule has 3 rings (SSSR count). The molecule has 6 nitrogen and oxygen atoms in total. The first-order valence-corrected chi connectivity index (χ1v) is 7.96. The molecule has 0 saturated heterocycles. The van der Waals surface area contributed by atoms with Gasteiger partial charge in [-0.1, -0.05) is 11.3 Å². The smallest absolute Gasteiger partial charge is 0.286 e. The third-order valence-corrected chi connectivity index (χ3v) is 4.94. The van der Waals surface area contributed by atoms with Gasteiger partial charge in [0.15, 0.2) is 4.80 Å². The molecule has 2 aromatic heterocycles. The molecule has 0 bridgehead atoms. The maximum Gasteiger partial charge on any atom is 0.286 e. The van der Waals surface area contributed by atoms with Gasteiger partial charge in [0.05, 0.1) is 17.3 Å². The second kappa shape index (κ2) is 5.66. The Kier molecular flexibility index (Phi) is 3.81. The van der Waals surface area contributed by atoms with Gasteiger partial charge in [-0.15, -0.1) is 5.10 Å². The molecule has 0 fully saturated rings. The van der Waals surface area contributed by atoms with Crippen molar-refractivity contribution in [1.82, 2.24) is 14.3 Å². The molecule has 0 saturated carbocycles. The highest BCUT2D eigenvalue weighted by atomic mass is 32.1. The molecule has 0 radical (unpaired) electrons. The van der Waals surface area contributed by atoms with Crippen LogP contribution in [-0.2, 0) is 14.1 Å². The number of amides is 1. The average Bonchev–Trinajstić information content (AvgIpc) is 3.02. The molecule has 7 heteroatoms. The minimum Gasteiger partial charge on any atom is -0.479 e. The highest BCUT2D eigenvalue weighted by Crippen LogP contribution is 2.21. The zero-order valence-electron chi connectivity index (χ0n) is 13.7. The SMILES string of the molecule is COc1nn(C)cc1C(=O)N=c1sc2cc(C)c(C)cc2n1C. The summed E-state index contributed by atoms with van der Waals surface area (Å²) in [6, 6.07) is 4.25. The Morgan fingerprint density at radius 2 is 1.96 bits per heavy atom. The lowest BCUT2D eigenvalue weighted by Crippen LogP contribution is -2.13. The fourth-order valence-corrected chi connectivity index (χ4v) is 3.50. The summed E-state index contributed by atoms with van der Waals surface area (Å²) in [4.78, 5) is 17.4. The molecule has 1 aromatic carbocycles. The van der Waals surface area contributed by atoms with E-state index >= 15 is 0 Å². The fourth-order valence-electron chi connectivity index (χ4n) is 2.40. The number of thiazole rings is 1. The van der Waals surface area contributed by atoms with Crippen LogP contribution in [0.2, 0.25) is 0 Å². The number of benzene rings is 1. The first-order valence-electron chi connectivity index (χ1n) is 7.14. The molecule has 0 N–H and O–H groups in total. The Bertz CT molecular complexity index is 978. The number of hydrogen-bond donors (Lipinski definition) is 0. The summed E-state index contributed by atoms with van der Waals surface area (Å²) in [6.07, 6.45) is 1.62. The maximum atomic E-state index is 12.5. The van der Waals surface area contributed by atoms with Gasteiger partial charge in [-0.25, -0.2) is 0 Å². The van der Waals surface area contributed by atoms with E-state index in [1.54, 1.807) is 17.9 Å². The predicted molar refractivity (Wildman–Crippen MR) is 89.9 cm³/mol. The van der Waals surface area contributed by atoms with Crippen LogP contribution in [0, 0.1) is 13.8 Å². The van der Waals surface area contributed by atoms with Gasteiger partial charge in [-0.3, -0.25) is 9.48 Å². The summed E-state index contributed by atoms with van der Waals surface area (Å²) in [7, 11) is 5.15. The molecule has 0 aliphatic rings. The zero-order chi connectivity index (χ0) is 16.7. The number of carbonyl (C=O) groups is 1. The van der Waals surface area contributed by atoms with Crippen molar-refractivity contribution in [1.29, 1.82) is 0 Å². The van der Waals surface area contributed by atoms with Gasteiger partial charge < -0.3 is 9.30 Å². The van der Waals surface area contributed by atoms with Crippen molar-refractivity contribution in [2.75, 3.05) is 7.11 Å². The van der Waals surface area contributed by atoms with Crippen LogP contribution in [0.1, 0.15) is 21.5 Å². The first-order chi connectivity index (χ1) is 10.9. The number of carbonyl (C=O) groups excluding carboxylic acids is 1. The Balaban J connectivity index is 2.14. The quantitative estimate of drug-likeness (QED) is 0.724. The van der Waals surface area contributed by atoms with E-state index in [0.29, 0.717) is 10.4 Å². The van der Waals surface area contributed by atoms with E-state index in [0.717, 1.165) is 10.2 Å². The van der Waals surface area contributed by atoms with Crippen LogP contribution in [0.4, 0.5) is 0 Å². The van der Waals surface area contributed by atoms with Crippen molar-refractivity contribution in [3.05, 3.63) is 39.8 Å². The summed E-state index contributed by atoms with van der Waals surface area (Å²) in [5, 5.41) is 4.09. The highest BCUT2D eigenvalue weighted by Gasteiger charge is 2.16. The Hall–Kier alpha value is -2.41. The Morgan fingerprint density at radius 1 is 1.26 bits per heavy atom. The van der Waals surface area contributed by atoms with Gasteiger partial charge in [0.2, 0.25) is 5.88 Å². The molecule has 2 heterocycles. The number of aromatic nitrogens is 3. The summed E-state index contributed by atoms with van der Waals surface area (Å²) >= 11 is 1.50. The molecule has 1 amide bonds. The molecular weight excluding hydrogens is 312 g/mol. The van der Waals surface area contributed by atoms with E-state index in [1.807, 2.05) is 11.6 Å². The number of methoxy groups -OCH3 is 1. The Labute approximate surface area is 137 Å². The summed E-state index contributed by atoms with van der Waals surface area (Å²) < 4.78 is 9.72. The fraction of sp³-hybridized carbons (Fsp3) is 0.312. The zero-order valence-corrected chi connectivity index (χ0v) is 14.6. The van der Waals surface area contributed by atoms with E-state index in [-0.39, 0.29) is 11.8 Å². The van der Waals surface area contributed by atoms with Gasteiger partial charge >= 0.3 is 0 Å². The van der Waals surface area contributed by atoms with Gasteiger partial charge in [0.1, 0.15) is 5.56 Å². The summed E-state index contributed by atoms with van der Waals surface area (Å²) in [5.74, 6) is -0.0674. The number of ether oxygens (including phenoxy) is 1. The van der Waals surface area contributed by atoms with Crippen LogP contribution in [0.25, 0.3) is 10.2 Å². The number of fused-ring (bicyclic) bond motifs is 1.